The summed E-state index contributed by atoms with van der Waals surface area (Å²) in [6, 6.07) is 21.1. The minimum absolute atomic E-state index is 0.0569. The second kappa shape index (κ2) is 13.9. The van der Waals surface area contributed by atoms with Crippen LogP contribution in [0.15, 0.2) is 72.8 Å². The molecule has 0 aliphatic rings. The fourth-order valence-electron chi connectivity index (χ4n) is 4.49. The number of carbonyl (C=O) groups is 2. The van der Waals surface area contributed by atoms with Crippen molar-refractivity contribution < 1.29 is 37.3 Å². The Morgan fingerprint density at radius 2 is 1.58 bits per heavy atom. The van der Waals surface area contributed by atoms with Crippen molar-refractivity contribution in [3.05, 3.63) is 83.9 Å². The van der Waals surface area contributed by atoms with Gasteiger partial charge in [-0.3, -0.25) is 4.79 Å². The average Bonchev–Trinajstić information content (AvgIpc) is 2.93. The highest BCUT2D eigenvalue weighted by Crippen LogP contribution is 2.41. The highest BCUT2D eigenvalue weighted by molar-refractivity contribution is 7.89. The fourth-order valence-corrected chi connectivity index (χ4v) is 4.94. The molecule has 0 aliphatic carbocycles. The van der Waals surface area contributed by atoms with Crippen molar-refractivity contribution in [1.82, 2.24) is 4.72 Å². The van der Waals surface area contributed by atoms with Crippen LogP contribution in [0.4, 0.5) is 4.79 Å². The fraction of sp³-hybridized carbons (Fsp3) is 0.375. The maximum Gasteiger partial charge on any atom is 0.405 e. The summed E-state index contributed by atoms with van der Waals surface area (Å²) in [4.78, 5) is 24.6. The highest BCUT2D eigenvalue weighted by atomic mass is 32.2. The minimum Gasteiger partial charge on any atom is -0.493 e. The summed E-state index contributed by atoms with van der Waals surface area (Å²) in [5, 5.41) is 11.0. The average molecular weight is 613 g/mol. The number of hydrogen-bond acceptors (Lipinski definition) is 8. The first-order valence-electron chi connectivity index (χ1n) is 13.9. The third kappa shape index (κ3) is 9.20. The van der Waals surface area contributed by atoms with Gasteiger partial charge in [0.1, 0.15) is 18.1 Å². The van der Waals surface area contributed by atoms with E-state index >= 15 is 0 Å². The molecule has 43 heavy (non-hydrogen) atoms. The van der Waals surface area contributed by atoms with Crippen molar-refractivity contribution in [1.29, 1.82) is 0 Å². The molecule has 232 valence electrons. The molecule has 11 heteroatoms. The Labute approximate surface area is 253 Å². The van der Waals surface area contributed by atoms with E-state index in [1.807, 2.05) is 62.7 Å². The number of ether oxygens (including phenoxy) is 3. The Morgan fingerprint density at radius 3 is 2.14 bits per heavy atom. The van der Waals surface area contributed by atoms with Crippen molar-refractivity contribution in [2.45, 2.75) is 52.2 Å². The first-order chi connectivity index (χ1) is 20.1. The van der Waals surface area contributed by atoms with Gasteiger partial charge in [0.25, 0.3) is 5.91 Å². The van der Waals surface area contributed by atoms with Crippen LogP contribution in [0.2, 0.25) is 0 Å². The van der Waals surface area contributed by atoms with Gasteiger partial charge in [0, 0.05) is 11.8 Å². The van der Waals surface area contributed by atoms with Gasteiger partial charge in [-0.05, 0) is 47.4 Å². The molecule has 3 aromatic carbocycles. The number of rotatable bonds is 13. The topological polar surface area (TPSA) is 154 Å². The van der Waals surface area contributed by atoms with Crippen LogP contribution in [0.1, 0.15) is 62.6 Å². The number of nitrogens with one attached hydrogen (secondary N) is 1. The molecule has 0 aromatic heterocycles. The van der Waals surface area contributed by atoms with E-state index in [2.05, 4.69) is 0 Å². The van der Waals surface area contributed by atoms with Gasteiger partial charge in [0.15, 0.2) is 5.60 Å². The molecule has 0 radical (unpaired) electrons. The summed E-state index contributed by atoms with van der Waals surface area (Å²) in [5.41, 5.74) is 5.87. The van der Waals surface area contributed by atoms with Gasteiger partial charge < -0.3 is 25.1 Å². The molecule has 2 amide bonds. The Hall–Kier alpha value is -4.09. The van der Waals surface area contributed by atoms with Crippen LogP contribution in [0, 0.1) is 5.41 Å². The Balaban J connectivity index is 1.85. The molecule has 0 fully saturated rings. The van der Waals surface area contributed by atoms with Gasteiger partial charge in [-0.2, -0.15) is 0 Å². The molecule has 0 aliphatic heterocycles. The standard InChI is InChI=1S/C32H40N2O8S/c1-6-18-40-28-19-24(14-17-26(28)29(36)34-43(5,38)39)22-12-15-25(16-13-22)41-21-32(31(2,3)4,42-30(33)37)20-27(35)23-10-8-7-9-11-23/h7-17,19,27,35H,6,18,20-21H2,1-5H3,(H2,33,37)(H,34,36)/t27-,32?/m1/s1. The number of sulfonamides is 1. The van der Waals surface area contributed by atoms with E-state index in [9.17, 15) is 23.1 Å². The molecular formula is C32H40N2O8S. The summed E-state index contributed by atoms with van der Waals surface area (Å²) in [6.07, 6.45) is -0.240. The predicted octanol–water partition coefficient (Wildman–Crippen LogP) is 5.21. The number of hydrogen-bond donors (Lipinski definition) is 3. The Morgan fingerprint density at radius 1 is 0.953 bits per heavy atom. The SMILES string of the molecule is CCCOc1cc(-c2ccc(OCC(C[C@@H](O)c3ccccc3)(OC(N)=O)C(C)(C)C)cc2)ccc1C(=O)NS(C)(=O)=O. The molecule has 3 rings (SSSR count). The van der Waals surface area contributed by atoms with Crippen molar-refractivity contribution in [3.63, 3.8) is 0 Å². The van der Waals surface area contributed by atoms with Gasteiger partial charge in [0.05, 0.1) is 24.5 Å². The number of nitrogens with two attached hydrogens (primary N) is 1. The van der Waals surface area contributed by atoms with Crippen LogP contribution < -0.4 is 19.9 Å². The van der Waals surface area contributed by atoms with Crippen molar-refractivity contribution in [2.24, 2.45) is 11.1 Å². The van der Waals surface area contributed by atoms with Crippen LogP contribution in [0.5, 0.6) is 11.5 Å². The number of aliphatic hydroxyl groups is 1. The number of amides is 2. The third-order valence-corrected chi connectivity index (χ3v) is 7.55. The number of benzene rings is 3. The molecule has 1 unspecified atom stereocenters. The smallest absolute Gasteiger partial charge is 0.405 e. The summed E-state index contributed by atoms with van der Waals surface area (Å²) in [5.74, 6) is -0.0237. The van der Waals surface area contributed by atoms with Crippen molar-refractivity contribution in [3.8, 4) is 22.6 Å². The highest BCUT2D eigenvalue weighted by Gasteiger charge is 2.48. The molecule has 3 aromatic rings. The van der Waals surface area contributed by atoms with Crippen LogP contribution in [-0.2, 0) is 14.8 Å². The van der Waals surface area contributed by atoms with E-state index in [1.165, 1.54) is 6.07 Å². The summed E-state index contributed by atoms with van der Waals surface area (Å²) in [7, 11) is -3.75. The van der Waals surface area contributed by atoms with Gasteiger partial charge in [-0.15, -0.1) is 0 Å². The number of primary amides is 1. The molecule has 2 atom stereocenters. The zero-order valence-electron chi connectivity index (χ0n) is 25.1. The Kier molecular flexibility index (Phi) is 10.8. The minimum atomic E-state index is -3.75. The maximum absolute atomic E-state index is 12.5. The van der Waals surface area contributed by atoms with Crippen LogP contribution in [0.3, 0.4) is 0 Å². The molecule has 0 bridgehead atoms. The zero-order valence-corrected chi connectivity index (χ0v) is 25.9. The molecule has 10 nitrogen and oxygen atoms in total. The van der Waals surface area contributed by atoms with E-state index in [1.54, 1.807) is 36.4 Å². The van der Waals surface area contributed by atoms with Crippen LogP contribution in [-0.4, -0.2) is 50.6 Å². The lowest BCUT2D eigenvalue weighted by atomic mass is 9.72. The van der Waals surface area contributed by atoms with Crippen LogP contribution in [0.25, 0.3) is 11.1 Å². The summed E-state index contributed by atoms with van der Waals surface area (Å²) in [6.45, 7) is 7.86. The monoisotopic (exact) mass is 612 g/mol. The first kappa shape index (κ1) is 33.4. The van der Waals surface area contributed by atoms with Crippen molar-refractivity contribution in [2.75, 3.05) is 19.5 Å². The largest absolute Gasteiger partial charge is 0.493 e. The van der Waals surface area contributed by atoms with Gasteiger partial charge in [0.2, 0.25) is 10.0 Å². The zero-order chi connectivity index (χ0) is 31.8. The molecule has 4 N–H and O–H groups in total. The molecular weight excluding hydrogens is 572 g/mol. The number of aliphatic hydroxyl groups excluding tert-OH is 1. The Bertz CT molecular complexity index is 1500. The van der Waals surface area contributed by atoms with E-state index in [4.69, 9.17) is 19.9 Å². The molecule has 0 heterocycles. The van der Waals surface area contributed by atoms with E-state index in [0.29, 0.717) is 24.3 Å². The lowest BCUT2D eigenvalue weighted by Crippen LogP contribution is -2.53. The van der Waals surface area contributed by atoms with E-state index in [-0.39, 0.29) is 24.3 Å². The third-order valence-electron chi connectivity index (χ3n) is 7.00. The first-order valence-corrected chi connectivity index (χ1v) is 15.8. The lowest BCUT2D eigenvalue weighted by Gasteiger charge is -2.44. The molecule has 0 saturated heterocycles. The van der Waals surface area contributed by atoms with Gasteiger partial charge in [-0.25, -0.2) is 17.9 Å². The summed E-state index contributed by atoms with van der Waals surface area (Å²) >= 11 is 0. The summed E-state index contributed by atoms with van der Waals surface area (Å²) < 4.78 is 42.7. The van der Waals surface area contributed by atoms with Crippen LogP contribution >= 0.6 is 0 Å². The predicted molar refractivity (Wildman–Crippen MR) is 164 cm³/mol. The maximum atomic E-state index is 12.5. The van der Waals surface area contributed by atoms with Crippen molar-refractivity contribution >= 4 is 22.0 Å². The van der Waals surface area contributed by atoms with Gasteiger partial charge >= 0.3 is 6.09 Å². The quantitative estimate of drug-likeness (QED) is 0.238. The molecule has 0 saturated carbocycles. The van der Waals surface area contributed by atoms with Gasteiger partial charge in [-0.1, -0.05) is 76.2 Å². The number of carbonyl (C=O) groups excluding carboxylic acids is 2. The second-order valence-electron chi connectivity index (χ2n) is 11.4. The molecule has 0 spiro atoms. The van der Waals surface area contributed by atoms with E-state index < -0.39 is 39.1 Å². The lowest BCUT2D eigenvalue weighted by molar-refractivity contribution is -0.116. The second-order valence-corrected chi connectivity index (χ2v) is 13.1. The van der Waals surface area contributed by atoms with E-state index in [0.717, 1.165) is 17.4 Å². The normalized spacial score (nSPS) is 13.8.